The molecule has 0 aromatic heterocycles. The summed E-state index contributed by atoms with van der Waals surface area (Å²) >= 11 is 0. The van der Waals surface area contributed by atoms with Crippen LogP contribution in [0.15, 0.2) is 42.2 Å². The number of allylic oxidation sites excluding steroid dienone is 1. The lowest BCUT2D eigenvalue weighted by Crippen LogP contribution is -2.59. The first-order valence-corrected chi connectivity index (χ1v) is 7.75. The van der Waals surface area contributed by atoms with Gasteiger partial charge in [-0.15, -0.1) is 0 Å². The highest BCUT2D eigenvalue weighted by atomic mass is 16.5. The molecule has 0 radical (unpaired) electrons. The molecule has 0 saturated heterocycles. The second kappa shape index (κ2) is 8.25. The number of aliphatic hydroxyl groups excluding tert-OH is 4. The quantitative estimate of drug-likeness (QED) is 0.459. The van der Waals surface area contributed by atoms with E-state index in [2.05, 4.69) is 5.32 Å². The van der Waals surface area contributed by atoms with Crippen LogP contribution in [-0.2, 0) is 16.0 Å². The van der Waals surface area contributed by atoms with Gasteiger partial charge in [0.15, 0.2) is 0 Å². The van der Waals surface area contributed by atoms with E-state index in [-0.39, 0.29) is 12.3 Å². The van der Waals surface area contributed by atoms with E-state index < -0.39 is 37.1 Å². The fraction of sp³-hybridized carbons (Fsp3) is 0.471. The molecule has 24 heavy (non-hydrogen) atoms. The number of benzene rings is 1. The highest BCUT2D eigenvalue weighted by Gasteiger charge is 2.41. The molecule has 1 aromatic rings. The Morgan fingerprint density at radius 1 is 1.29 bits per heavy atom. The number of hydrogen-bond donors (Lipinski definition) is 5. The van der Waals surface area contributed by atoms with Gasteiger partial charge in [-0.05, 0) is 18.6 Å². The second-order valence-electron chi connectivity index (χ2n) is 5.85. The summed E-state index contributed by atoms with van der Waals surface area (Å²) in [6, 6.07) is 8.14. The van der Waals surface area contributed by atoms with Gasteiger partial charge in [0.1, 0.15) is 18.3 Å². The van der Waals surface area contributed by atoms with Crippen molar-refractivity contribution < 1.29 is 30.0 Å². The monoisotopic (exact) mass is 337 g/mol. The van der Waals surface area contributed by atoms with Crippen molar-refractivity contribution >= 4 is 5.91 Å². The lowest BCUT2D eigenvalue weighted by molar-refractivity contribution is -0.132. The topological polar surface area (TPSA) is 119 Å². The number of ether oxygens (including phenoxy) is 1. The minimum absolute atomic E-state index is 0.109. The van der Waals surface area contributed by atoms with Crippen molar-refractivity contribution in [3.8, 4) is 0 Å². The second-order valence-corrected chi connectivity index (χ2v) is 5.85. The molecule has 5 atom stereocenters. The zero-order chi connectivity index (χ0) is 17.7. The predicted molar refractivity (Wildman–Crippen MR) is 85.8 cm³/mol. The summed E-state index contributed by atoms with van der Waals surface area (Å²) < 4.78 is 5.47. The van der Waals surface area contributed by atoms with Crippen LogP contribution in [0.1, 0.15) is 12.5 Å². The van der Waals surface area contributed by atoms with Gasteiger partial charge in [0.05, 0.1) is 30.9 Å². The Bertz CT molecular complexity index is 576. The Morgan fingerprint density at radius 3 is 2.58 bits per heavy atom. The minimum Gasteiger partial charge on any atom is -0.490 e. The average molecular weight is 337 g/mol. The number of carbonyl (C=O) groups excluding carboxylic acids is 1. The molecule has 7 heteroatoms. The van der Waals surface area contributed by atoms with Crippen molar-refractivity contribution in [1.82, 2.24) is 5.32 Å². The first kappa shape index (κ1) is 18.4. The molecule has 5 N–H and O–H groups in total. The third-order valence-electron chi connectivity index (χ3n) is 3.90. The van der Waals surface area contributed by atoms with Gasteiger partial charge in [0, 0.05) is 0 Å². The van der Waals surface area contributed by atoms with E-state index in [1.807, 2.05) is 18.2 Å². The predicted octanol–water partition coefficient (Wildman–Crippen LogP) is -0.909. The summed E-state index contributed by atoms with van der Waals surface area (Å²) in [6.45, 7) is 0.931. The van der Waals surface area contributed by atoms with Crippen LogP contribution >= 0.6 is 0 Å². The number of aliphatic hydroxyl groups is 4. The van der Waals surface area contributed by atoms with E-state index in [1.165, 1.54) is 6.08 Å². The summed E-state index contributed by atoms with van der Waals surface area (Å²) in [4.78, 5) is 12.2. The molecule has 2 unspecified atom stereocenters. The largest absolute Gasteiger partial charge is 0.490 e. The first-order chi connectivity index (χ1) is 11.4. The Morgan fingerprint density at radius 2 is 1.96 bits per heavy atom. The summed E-state index contributed by atoms with van der Waals surface area (Å²) in [7, 11) is 0. The Labute approximate surface area is 140 Å². The molecule has 1 amide bonds. The molecule has 0 aliphatic carbocycles. The summed E-state index contributed by atoms with van der Waals surface area (Å²) in [5, 5.41) is 41.6. The fourth-order valence-corrected chi connectivity index (χ4v) is 2.66. The van der Waals surface area contributed by atoms with Gasteiger partial charge in [0.2, 0.25) is 5.91 Å². The van der Waals surface area contributed by atoms with E-state index in [4.69, 9.17) is 9.84 Å². The molecule has 0 spiro atoms. The SMILES string of the molecule is CC1=CC(O)[C@@H](NC(=O)Cc2ccccc2)C([C@H](O)[C@H](O)CO)O1. The van der Waals surface area contributed by atoms with Gasteiger partial charge < -0.3 is 30.5 Å². The van der Waals surface area contributed by atoms with E-state index in [0.717, 1.165) is 5.56 Å². The van der Waals surface area contributed by atoms with Gasteiger partial charge in [-0.2, -0.15) is 0 Å². The molecule has 1 heterocycles. The molecular weight excluding hydrogens is 314 g/mol. The third-order valence-corrected chi connectivity index (χ3v) is 3.90. The Hall–Kier alpha value is -1.93. The van der Waals surface area contributed by atoms with Crippen LogP contribution in [0.4, 0.5) is 0 Å². The average Bonchev–Trinajstić information content (AvgIpc) is 2.56. The van der Waals surface area contributed by atoms with Gasteiger partial charge in [-0.3, -0.25) is 4.79 Å². The molecule has 1 aliphatic rings. The van der Waals surface area contributed by atoms with Crippen molar-refractivity contribution in [3.63, 3.8) is 0 Å². The Kier molecular flexibility index (Phi) is 6.33. The number of amides is 1. The van der Waals surface area contributed by atoms with Crippen molar-refractivity contribution in [2.24, 2.45) is 0 Å². The zero-order valence-electron chi connectivity index (χ0n) is 13.4. The van der Waals surface area contributed by atoms with Crippen molar-refractivity contribution in [1.29, 1.82) is 0 Å². The van der Waals surface area contributed by atoms with Crippen molar-refractivity contribution in [2.45, 2.75) is 43.8 Å². The minimum atomic E-state index is -1.46. The summed E-state index contributed by atoms with van der Waals surface area (Å²) in [5.41, 5.74) is 0.806. The van der Waals surface area contributed by atoms with E-state index in [1.54, 1.807) is 19.1 Å². The number of hydrogen-bond acceptors (Lipinski definition) is 6. The lowest BCUT2D eigenvalue weighted by Gasteiger charge is -2.38. The number of carbonyl (C=O) groups is 1. The third kappa shape index (κ3) is 4.55. The van der Waals surface area contributed by atoms with Crippen LogP contribution in [0.3, 0.4) is 0 Å². The van der Waals surface area contributed by atoms with Gasteiger partial charge in [0.25, 0.3) is 0 Å². The summed E-state index contributed by atoms with van der Waals surface area (Å²) in [6.07, 6.45) is -3.53. The van der Waals surface area contributed by atoms with Crippen LogP contribution in [-0.4, -0.2) is 63.4 Å². The van der Waals surface area contributed by atoms with E-state index >= 15 is 0 Å². The molecule has 1 aromatic carbocycles. The van der Waals surface area contributed by atoms with Gasteiger partial charge in [-0.25, -0.2) is 0 Å². The number of nitrogens with one attached hydrogen (secondary N) is 1. The molecule has 1 aliphatic heterocycles. The van der Waals surface area contributed by atoms with Crippen molar-refractivity contribution in [2.75, 3.05) is 6.61 Å². The number of rotatable bonds is 6. The van der Waals surface area contributed by atoms with Crippen LogP contribution < -0.4 is 5.32 Å². The van der Waals surface area contributed by atoms with Gasteiger partial charge >= 0.3 is 0 Å². The standard InChI is InChI=1S/C17H23NO6/c1-10-7-12(20)15(17(24-10)16(23)13(21)9-19)18-14(22)8-11-5-3-2-4-6-11/h2-7,12-13,15-17,19-21,23H,8-9H2,1H3,(H,18,22)/t12?,13-,15-,16-,17?/m1/s1. The molecule has 0 fully saturated rings. The normalized spacial score (nSPS) is 26.0. The maximum atomic E-state index is 12.2. The highest BCUT2D eigenvalue weighted by Crippen LogP contribution is 2.22. The highest BCUT2D eigenvalue weighted by molar-refractivity contribution is 5.79. The van der Waals surface area contributed by atoms with Crippen LogP contribution in [0.25, 0.3) is 0 Å². The zero-order valence-corrected chi connectivity index (χ0v) is 13.4. The molecular formula is C17H23NO6. The van der Waals surface area contributed by atoms with Crippen molar-refractivity contribution in [3.05, 3.63) is 47.7 Å². The Balaban J connectivity index is 2.10. The van der Waals surface area contributed by atoms with E-state index in [9.17, 15) is 20.1 Å². The van der Waals surface area contributed by atoms with E-state index in [0.29, 0.717) is 5.76 Å². The van der Waals surface area contributed by atoms with Crippen LogP contribution in [0.5, 0.6) is 0 Å². The molecule has 0 bridgehead atoms. The fourth-order valence-electron chi connectivity index (χ4n) is 2.66. The molecule has 7 nitrogen and oxygen atoms in total. The molecule has 2 rings (SSSR count). The first-order valence-electron chi connectivity index (χ1n) is 7.75. The lowest BCUT2D eigenvalue weighted by atomic mass is 9.93. The maximum absolute atomic E-state index is 12.2. The maximum Gasteiger partial charge on any atom is 0.224 e. The van der Waals surface area contributed by atoms with Crippen LogP contribution in [0.2, 0.25) is 0 Å². The molecule has 132 valence electrons. The van der Waals surface area contributed by atoms with Gasteiger partial charge in [-0.1, -0.05) is 30.3 Å². The molecule has 0 saturated carbocycles. The summed E-state index contributed by atoms with van der Waals surface area (Å²) in [5.74, 6) is 0.0164. The van der Waals surface area contributed by atoms with Crippen LogP contribution in [0, 0.1) is 0 Å². The smallest absolute Gasteiger partial charge is 0.224 e.